The van der Waals surface area contributed by atoms with Gasteiger partial charge in [-0.15, -0.1) is 0 Å². The lowest BCUT2D eigenvalue weighted by molar-refractivity contribution is 0.0685. The highest BCUT2D eigenvalue weighted by Gasteiger charge is 2.20. The number of hydrogen-bond acceptors (Lipinski definition) is 4. The van der Waals surface area contributed by atoms with E-state index in [0.717, 1.165) is 24.8 Å². The molecule has 5 heteroatoms. The number of hydrogen-bond donors (Lipinski definition) is 1. The van der Waals surface area contributed by atoms with E-state index in [-0.39, 0.29) is 5.69 Å². The third-order valence-electron chi connectivity index (χ3n) is 3.06. The van der Waals surface area contributed by atoms with E-state index in [1.54, 1.807) is 0 Å². The van der Waals surface area contributed by atoms with Gasteiger partial charge in [-0.2, -0.15) is 0 Å². The third-order valence-corrected chi connectivity index (χ3v) is 3.06. The zero-order valence-electron chi connectivity index (χ0n) is 9.01. The fourth-order valence-electron chi connectivity index (χ4n) is 2.24. The fraction of sp³-hybridized carbons (Fsp3) is 0.250. The summed E-state index contributed by atoms with van der Waals surface area (Å²) in [7, 11) is 0. The third kappa shape index (κ3) is 1.60. The number of carbonyl (C=O) groups is 1. The number of carboxylic acids is 1. The van der Waals surface area contributed by atoms with Gasteiger partial charge in [-0.25, -0.2) is 9.42 Å². The number of aryl methyl sites for hydroxylation is 2. The number of fused-ring (bicyclic) bond motifs is 1. The van der Waals surface area contributed by atoms with E-state index in [2.05, 4.69) is 14.9 Å². The summed E-state index contributed by atoms with van der Waals surface area (Å²) in [5.41, 5.74) is 3.52. The summed E-state index contributed by atoms with van der Waals surface area (Å²) < 4.78 is 4.50. The van der Waals surface area contributed by atoms with Crippen LogP contribution in [0, 0.1) is 0 Å². The first-order valence-electron chi connectivity index (χ1n) is 5.44. The van der Waals surface area contributed by atoms with Crippen LogP contribution in [-0.2, 0) is 12.8 Å². The standard InChI is InChI=1S/C12H10N2O3/c15-12(16)11-10(13-17-14-11)9-5-4-7-2-1-3-8(7)6-9/h4-6H,1-3H2,(H,15,16). The highest BCUT2D eigenvalue weighted by Crippen LogP contribution is 2.28. The van der Waals surface area contributed by atoms with Crippen molar-refractivity contribution < 1.29 is 14.5 Å². The maximum Gasteiger partial charge on any atom is 0.360 e. The van der Waals surface area contributed by atoms with Crippen LogP contribution in [0.4, 0.5) is 0 Å². The average Bonchev–Trinajstić information content (AvgIpc) is 2.96. The predicted molar refractivity (Wildman–Crippen MR) is 58.7 cm³/mol. The minimum Gasteiger partial charge on any atom is -0.476 e. The van der Waals surface area contributed by atoms with Crippen molar-refractivity contribution in [3.05, 3.63) is 35.0 Å². The van der Waals surface area contributed by atoms with Crippen LogP contribution in [0.1, 0.15) is 28.0 Å². The molecule has 0 fully saturated rings. The van der Waals surface area contributed by atoms with E-state index in [0.29, 0.717) is 5.69 Å². The number of nitrogens with zero attached hydrogens (tertiary/aromatic N) is 2. The van der Waals surface area contributed by atoms with Crippen molar-refractivity contribution in [2.75, 3.05) is 0 Å². The summed E-state index contributed by atoms with van der Waals surface area (Å²) >= 11 is 0. The van der Waals surface area contributed by atoms with Crippen molar-refractivity contribution in [3.8, 4) is 11.3 Å². The van der Waals surface area contributed by atoms with Crippen LogP contribution >= 0.6 is 0 Å². The van der Waals surface area contributed by atoms with Gasteiger partial charge in [0.05, 0.1) is 0 Å². The van der Waals surface area contributed by atoms with Crippen molar-refractivity contribution in [1.82, 2.24) is 10.3 Å². The quantitative estimate of drug-likeness (QED) is 0.852. The van der Waals surface area contributed by atoms with Gasteiger partial charge in [0.15, 0.2) is 0 Å². The Labute approximate surface area is 97.0 Å². The Hall–Kier alpha value is -2.17. The van der Waals surface area contributed by atoms with Gasteiger partial charge in [0.1, 0.15) is 5.69 Å². The first-order valence-corrected chi connectivity index (χ1v) is 5.44. The van der Waals surface area contributed by atoms with E-state index >= 15 is 0 Å². The molecule has 17 heavy (non-hydrogen) atoms. The molecule has 1 heterocycles. The van der Waals surface area contributed by atoms with Gasteiger partial charge in [-0.1, -0.05) is 12.1 Å². The fourth-order valence-corrected chi connectivity index (χ4v) is 2.24. The molecule has 0 spiro atoms. The molecule has 1 aliphatic rings. The van der Waals surface area contributed by atoms with E-state index in [1.807, 2.05) is 18.2 Å². The van der Waals surface area contributed by atoms with Crippen molar-refractivity contribution in [3.63, 3.8) is 0 Å². The van der Waals surface area contributed by atoms with Gasteiger partial charge >= 0.3 is 5.97 Å². The Morgan fingerprint density at radius 3 is 2.88 bits per heavy atom. The lowest BCUT2D eigenvalue weighted by Crippen LogP contribution is -1.99. The average molecular weight is 230 g/mol. The second kappa shape index (κ2) is 3.69. The monoisotopic (exact) mass is 230 g/mol. The maximum atomic E-state index is 10.9. The predicted octanol–water partition coefficient (Wildman–Crippen LogP) is 1.92. The van der Waals surface area contributed by atoms with E-state index in [1.165, 1.54) is 11.1 Å². The molecular formula is C12H10N2O3. The van der Waals surface area contributed by atoms with Gasteiger partial charge in [0, 0.05) is 5.56 Å². The lowest BCUT2D eigenvalue weighted by atomic mass is 10.0. The smallest absolute Gasteiger partial charge is 0.360 e. The SMILES string of the molecule is O=C(O)c1nonc1-c1ccc2c(c1)CCC2. The largest absolute Gasteiger partial charge is 0.476 e. The van der Waals surface area contributed by atoms with Crippen molar-refractivity contribution in [2.45, 2.75) is 19.3 Å². The van der Waals surface area contributed by atoms with Crippen LogP contribution in [0.15, 0.2) is 22.8 Å². The molecule has 86 valence electrons. The topological polar surface area (TPSA) is 76.2 Å². The molecule has 1 aromatic carbocycles. The van der Waals surface area contributed by atoms with Crippen LogP contribution < -0.4 is 0 Å². The van der Waals surface area contributed by atoms with Crippen molar-refractivity contribution >= 4 is 5.97 Å². The van der Waals surface area contributed by atoms with E-state index in [4.69, 9.17) is 5.11 Å². The normalized spacial score (nSPS) is 13.6. The van der Waals surface area contributed by atoms with E-state index < -0.39 is 5.97 Å². The molecule has 1 aliphatic carbocycles. The highest BCUT2D eigenvalue weighted by atomic mass is 16.6. The molecule has 2 aromatic rings. The molecule has 0 aliphatic heterocycles. The molecule has 1 aromatic heterocycles. The lowest BCUT2D eigenvalue weighted by Gasteiger charge is -2.01. The summed E-state index contributed by atoms with van der Waals surface area (Å²) in [6.07, 6.45) is 3.29. The Morgan fingerprint density at radius 1 is 1.24 bits per heavy atom. The number of rotatable bonds is 2. The van der Waals surface area contributed by atoms with Crippen molar-refractivity contribution in [1.29, 1.82) is 0 Å². The molecule has 0 unspecified atom stereocenters. The van der Waals surface area contributed by atoms with Crippen LogP contribution in [0.3, 0.4) is 0 Å². The second-order valence-corrected chi connectivity index (χ2v) is 4.10. The summed E-state index contributed by atoms with van der Waals surface area (Å²) in [6.45, 7) is 0. The summed E-state index contributed by atoms with van der Waals surface area (Å²) in [5.74, 6) is -1.12. The molecule has 0 saturated carbocycles. The van der Waals surface area contributed by atoms with Crippen LogP contribution in [0.2, 0.25) is 0 Å². The first-order chi connectivity index (χ1) is 8.25. The molecule has 0 amide bonds. The van der Waals surface area contributed by atoms with Crippen LogP contribution in [-0.4, -0.2) is 21.4 Å². The minimum atomic E-state index is -1.12. The molecule has 0 bridgehead atoms. The molecule has 3 rings (SSSR count). The molecule has 0 atom stereocenters. The van der Waals surface area contributed by atoms with Crippen molar-refractivity contribution in [2.24, 2.45) is 0 Å². The van der Waals surface area contributed by atoms with Gasteiger partial charge in [0.2, 0.25) is 5.69 Å². The van der Waals surface area contributed by atoms with Gasteiger partial charge < -0.3 is 5.11 Å². The van der Waals surface area contributed by atoms with E-state index in [9.17, 15) is 4.79 Å². The molecule has 0 radical (unpaired) electrons. The number of carboxylic acid groups (broad SMARTS) is 1. The van der Waals surface area contributed by atoms with Gasteiger partial charge in [-0.05, 0) is 46.8 Å². The number of aromatic carboxylic acids is 1. The Kier molecular flexibility index (Phi) is 2.18. The highest BCUT2D eigenvalue weighted by molar-refractivity contribution is 5.92. The molecular weight excluding hydrogens is 220 g/mol. The Balaban J connectivity index is 2.09. The maximum absolute atomic E-state index is 10.9. The zero-order valence-corrected chi connectivity index (χ0v) is 9.01. The van der Waals surface area contributed by atoms with Gasteiger partial charge in [0.25, 0.3) is 0 Å². The molecule has 0 saturated heterocycles. The zero-order chi connectivity index (χ0) is 11.8. The minimum absolute atomic E-state index is 0.136. The van der Waals surface area contributed by atoms with Crippen LogP contribution in [0.5, 0.6) is 0 Å². The second-order valence-electron chi connectivity index (χ2n) is 4.10. The Morgan fingerprint density at radius 2 is 2.06 bits per heavy atom. The molecule has 5 nitrogen and oxygen atoms in total. The van der Waals surface area contributed by atoms with Gasteiger partial charge in [-0.3, -0.25) is 0 Å². The number of benzene rings is 1. The molecule has 1 N–H and O–H groups in total. The summed E-state index contributed by atoms with van der Waals surface area (Å²) in [6, 6.07) is 5.88. The van der Waals surface area contributed by atoms with Crippen LogP contribution in [0.25, 0.3) is 11.3 Å². The summed E-state index contributed by atoms with van der Waals surface area (Å²) in [4.78, 5) is 10.9. The summed E-state index contributed by atoms with van der Waals surface area (Å²) in [5, 5.41) is 16.0. The Bertz CT molecular complexity index is 589. The number of aromatic nitrogens is 2. The first kappa shape index (κ1) is 10.0.